The summed E-state index contributed by atoms with van der Waals surface area (Å²) in [5.74, 6) is -0.0798. The molecule has 1 aliphatic heterocycles. The summed E-state index contributed by atoms with van der Waals surface area (Å²) in [4.78, 5) is 25.5. The third-order valence-electron chi connectivity index (χ3n) is 3.47. The van der Waals surface area contributed by atoms with Gasteiger partial charge in [-0.15, -0.1) is 0 Å². The maximum absolute atomic E-state index is 12.7. The van der Waals surface area contributed by atoms with Crippen molar-refractivity contribution in [2.45, 2.75) is 32.5 Å². The van der Waals surface area contributed by atoms with E-state index in [2.05, 4.69) is 5.32 Å². The van der Waals surface area contributed by atoms with Crippen LogP contribution in [-0.2, 0) is 11.3 Å². The minimum atomic E-state index is -2.85. The predicted octanol–water partition coefficient (Wildman–Crippen LogP) is 0.954. The van der Waals surface area contributed by atoms with Gasteiger partial charge in [-0.25, -0.2) is 0 Å². The SMILES string of the molecule is CCC1C(=O)NCCN1Cc1cccn(C(F)F)c1=O. The fourth-order valence-corrected chi connectivity index (χ4v) is 2.44. The van der Waals surface area contributed by atoms with Crippen molar-refractivity contribution in [3.05, 3.63) is 34.2 Å². The zero-order valence-corrected chi connectivity index (χ0v) is 11.2. The average Bonchev–Trinajstić information content (AvgIpc) is 2.41. The Morgan fingerprint density at radius 2 is 2.20 bits per heavy atom. The summed E-state index contributed by atoms with van der Waals surface area (Å²) < 4.78 is 25.8. The average molecular weight is 285 g/mol. The van der Waals surface area contributed by atoms with Crippen LogP contribution in [0.2, 0.25) is 0 Å². The first-order chi connectivity index (χ1) is 9.54. The lowest BCUT2D eigenvalue weighted by Crippen LogP contribution is -2.54. The van der Waals surface area contributed by atoms with Crippen molar-refractivity contribution in [1.82, 2.24) is 14.8 Å². The third kappa shape index (κ3) is 2.87. The Morgan fingerprint density at radius 1 is 1.45 bits per heavy atom. The van der Waals surface area contributed by atoms with E-state index in [1.165, 1.54) is 12.1 Å². The monoisotopic (exact) mass is 285 g/mol. The van der Waals surface area contributed by atoms with Gasteiger partial charge in [-0.05, 0) is 12.5 Å². The largest absolute Gasteiger partial charge is 0.353 e. The van der Waals surface area contributed by atoms with E-state index in [1.807, 2.05) is 11.8 Å². The van der Waals surface area contributed by atoms with E-state index < -0.39 is 12.1 Å². The minimum Gasteiger partial charge on any atom is -0.353 e. The number of nitrogens with zero attached hydrogens (tertiary/aromatic N) is 2. The lowest BCUT2D eigenvalue weighted by Gasteiger charge is -2.34. The second kappa shape index (κ2) is 6.13. The van der Waals surface area contributed by atoms with Gasteiger partial charge in [-0.1, -0.05) is 13.0 Å². The van der Waals surface area contributed by atoms with Gasteiger partial charge in [0.2, 0.25) is 5.91 Å². The number of nitrogens with one attached hydrogen (secondary N) is 1. The van der Waals surface area contributed by atoms with E-state index in [4.69, 9.17) is 0 Å². The van der Waals surface area contributed by atoms with Gasteiger partial charge >= 0.3 is 6.55 Å². The highest BCUT2D eigenvalue weighted by Gasteiger charge is 2.28. The topological polar surface area (TPSA) is 54.3 Å². The van der Waals surface area contributed by atoms with Crippen molar-refractivity contribution in [2.75, 3.05) is 13.1 Å². The smallest absolute Gasteiger partial charge is 0.321 e. The number of rotatable bonds is 4. The number of alkyl halides is 2. The standard InChI is InChI=1S/C13H17F2N3O2/c1-2-10-11(19)16-5-7-17(10)8-9-4-3-6-18(12(9)20)13(14)15/h3-4,6,10,13H,2,5,7-8H2,1H3,(H,16,19). The summed E-state index contributed by atoms with van der Waals surface area (Å²) >= 11 is 0. The van der Waals surface area contributed by atoms with Crippen LogP contribution in [0.5, 0.6) is 0 Å². The van der Waals surface area contributed by atoms with Gasteiger partial charge in [-0.2, -0.15) is 8.78 Å². The summed E-state index contributed by atoms with van der Waals surface area (Å²) in [6.07, 6.45) is 1.68. The first-order valence-corrected chi connectivity index (χ1v) is 6.54. The van der Waals surface area contributed by atoms with Crippen molar-refractivity contribution in [2.24, 2.45) is 0 Å². The number of halogens is 2. The van der Waals surface area contributed by atoms with Crippen LogP contribution in [0.4, 0.5) is 8.78 Å². The number of pyridine rings is 1. The fraction of sp³-hybridized carbons (Fsp3) is 0.538. The summed E-state index contributed by atoms with van der Waals surface area (Å²) in [6.45, 7) is 0.344. The van der Waals surface area contributed by atoms with Crippen LogP contribution in [0.25, 0.3) is 0 Å². The maximum Gasteiger partial charge on any atom is 0.321 e. The molecule has 0 aliphatic carbocycles. The van der Waals surface area contributed by atoms with Gasteiger partial charge in [0, 0.05) is 31.4 Å². The number of hydrogen-bond donors (Lipinski definition) is 1. The quantitative estimate of drug-likeness (QED) is 0.896. The fourth-order valence-electron chi connectivity index (χ4n) is 2.44. The van der Waals surface area contributed by atoms with E-state index in [0.717, 1.165) is 6.20 Å². The highest BCUT2D eigenvalue weighted by Crippen LogP contribution is 2.13. The predicted molar refractivity (Wildman–Crippen MR) is 69.5 cm³/mol. The van der Waals surface area contributed by atoms with Crippen LogP contribution < -0.4 is 10.9 Å². The van der Waals surface area contributed by atoms with Crippen LogP contribution in [-0.4, -0.2) is 34.5 Å². The van der Waals surface area contributed by atoms with E-state index in [0.29, 0.717) is 24.1 Å². The summed E-state index contributed by atoms with van der Waals surface area (Å²) in [6, 6.07) is 2.64. The molecule has 0 bridgehead atoms. The second-order valence-electron chi connectivity index (χ2n) is 4.71. The lowest BCUT2D eigenvalue weighted by molar-refractivity contribution is -0.129. The maximum atomic E-state index is 12.7. The molecule has 0 spiro atoms. The Hall–Kier alpha value is -1.76. The van der Waals surface area contributed by atoms with Crippen LogP contribution >= 0.6 is 0 Å². The number of carbonyl (C=O) groups is 1. The molecular weight excluding hydrogens is 268 g/mol. The third-order valence-corrected chi connectivity index (χ3v) is 3.47. The van der Waals surface area contributed by atoms with Crippen LogP contribution in [0.15, 0.2) is 23.1 Å². The Morgan fingerprint density at radius 3 is 2.85 bits per heavy atom. The molecule has 0 aromatic carbocycles. The molecule has 110 valence electrons. The van der Waals surface area contributed by atoms with Crippen LogP contribution in [0.3, 0.4) is 0 Å². The van der Waals surface area contributed by atoms with Crippen molar-refractivity contribution in [1.29, 1.82) is 0 Å². The van der Waals surface area contributed by atoms with Gasteiger partial charge in [0.1, 0.15) is 0 Å². The second-order valence-corrected chi connectivity index (χ2v) is 4.71. The number of carbonyl (C=O) groups excluding carboxylic acids is 1. The first-order valence-electron chi connectivity index (χ1n) is 6.54. The van der Waals surface area contributed by atoms with E-state index in [-0.39, 0.29) is 24.1 Å². The number of amides is 1. The van der Waals surface area contributed by atoms with Crippen molar-refractivity contribution in [3.63, 3.8) is 0 Å². The van der Waals surface area contributed by atoms with E-state index in [1.54, 1.807) is 0 Å². The minimum absolute atomic E-state index is 0.0798. The molecule has 1 unspecified atom stereocenters. The molecule has 0 radical (unpaired) electrons. The molecule has 1 N–H and O–H groups in total. The van der Waals surface area contributed by atoms with Crippen molar-refractivity contribution < 1.29 is 13.6 Å². The molecular formula is C13H17F2N3O2. The molecule has 5 nitrogen and oxygen atoms in total. The molecule has 1 saturated heterocycles. The molecule has 1 aromatic heterocycles. The number of piperazine rings is 1. The van der Waals surface area contributed by atoms with Gasteiger partial charge in [-0.3, -0.25) is 19.1 Å². The van der Waals surface area contributed by atoms with Gasteiger partial charge in [0.05, 0.1) is 6.04 Å². The molecule has 1 aromatic rings. The van der Waals surface area contributed by atoms with Crippen LogP contribution in [0, 0.1) is 0 Å². The van der Waals surface area contributed by atoms with E-state index in [9.17, 15) is 18.4 Å². The summed E-state index contributed by atoms with van der Waals surface area (Å²) in [5.41, 5.74) is -0.427. The Labute approximate surface area is 115 Å². The Balaban J connectivity index is 2.23. The zero-order valence-electron chi connectivity index (χ0n) is 11.2. The normalized spacial score (nSPS) is 20.2. The molecule has 1 aliphatic rings. The summed E-state index contributed by atoms with van der Waals surface area (Å²) in [7, 11) is 0. The Kier molecular flexibility index (Phi) is 4.49. The van der Waals surface area contributed by atoms with Gasteiger partial charge in [0.25, 0.3) is 5.56 Å². The number of aromatic nitrogens is 1. The molecule has 1 atom stereocenters. The molecule has 2 heterocycles. The van der Waals surface area contributed by atoms with Gasteiger partial charge in [0.15, 0.2) is 0 Å². The summed E-state index contributed by atoms with van der Waals surface area (Å²) in [5, 5.41) is 2.76. The molecule has 1 amide bonds. The van der Waals surface area contributed by atoms with Crippen molar-refractivity contribution in [3.8, 4) is 0 Å². The lowest BCUT2D eigenvalue weighted by atomic mass is 10.1. The molecule has 7 heteroatoms. The van der Waals surface area contributed by atoms with Gasteiger partial charge < -0.3 is 5.32 Å². The highest BCUT2D eigenvalue weighted by molar-refractivity contribution is 5.82. The Bertz CT molecular complexity index is 545. The molecule has 20 heavy (non-hydrogen) atoms. The highest BCUT2D eigenvalue weighted by atomic mass is 19.3. The van der Waals surface area contributed by atoms with Crippen molar-refractivity contribution >= 4 is 5.91 Å². The van der Waals surface area contributed by atoms with E-state index >= 15 is 0 Å². The zero-order chi connectivity index (χ0) is 14.7. The molecule has 1 fully saturated rings. The molecule has 0 saturated carbocycles. The van der Waals surface area contributed by atoms with Crippen LogP contribution in [0.1, 0.15) is 25.5 Å². The molecule has 2 rings (SSSR count). The number of hydrogen-bond acceptors (Lipinski definition) is 3. The first kappa shape index (κ1) is 14.6.